The molecule has 0 amide bonds. The van der Waals surface area contributed by atoms with Crippen molar-refractivity contribution in [1.82, 2.24) is 4.31 Å². The lowest BCUT2D eigenvalue weighted by Crippen LogP contribution is -2.47. The Morgan fingerprint density at radius 3 is 2.15 bits per heavy atom. The van der Waals surface area contributed by atoms with Crippen LogP contribution < -0.4 is 0 Å². The topological polar surface area (TPSA) is 74.7 Å². The van der Waals surface area contributed by atoms with E-state index in [1.165, 1.54) is 4.31 Å². The first-order chi connectivity index (χ1) is 12.7. The Morgan fingerprint density at radius 2 is 1.63 bits per heavy atom. The molecule has 0 atom stereocenters. The van der Waals surface area contributed by atoms with Gasteiger partial charge in [0.05, 0.1) is 10.3 Å². The van der Waals surface area contributed by atoms with E-state index in [4.69, 9.17) is 0 Å². The van der Waals surface area contributed by atoms with Crippen LogP contribution in [-0.2, 0) is 21.2 Å². The van der Waals surface area contributed by atoms with Crippen LogP contribution in [0.5, 0.6) is 0 Å². The smallest absolute Gasteiger partial charge is 0.310 e. The van der Waals surface area contributed by atoms with Gasteiger partial charge in [-0.1, -0.05) is 45.8 Å². The molecule has 144 valence electrons. The van der Waals surface area contributed by atoms with Gasteiger partial charge in [-0.3, -0.25) is 4.79 Å². The average molecular weight is 452 g/mol. The molecule has 2 aromatic rings. The van der Waals surface area contributed by atoms with Gasteiger partial charge in [-0.05, 0) is 56.0 Å². The number of halogens is 1. The third-order valence-corrected chi connectivity index (χ3v) is 7.69. The Bertz CT molecular complexity index is 915. The van der Waals surface area contributed by atoms with E-state index in [1.54, 1.807) is 24.3 Å². The van der Waals surface area contributed by atoms with Gasteiger partial charge in [-0.25, -0.2) is 8.42 Å². The fourth-order valence-corrected chi connectivity index (χ4v) is 5.18. The molecule has 0 bridgehead atoms. The van der Waals surface area contributed by atoms with Crippen molar-refractivity contribution in [3.05, 3.63) is 64.1 Å². The van der Waals surface area contributed by atoms with Crippen molar-refractivity contribution in [2.75, 3.05) is 13.1 Å². The normalized spacial score (nSPS) is 17.6. The molecule has 0 aromatic heterocycles. The van der Waals surface area contributed by atoms with E-state index in [1.807, 2.05) is 31.2 Å². The van der Waals surface area contributed by atoms with Crippen LogP contribution in [0.4, 0.5) is 0 Å². The fourth-order valence-electron chi connectivity index (χ4n) is 3.47. The van der Waals surface area contributed by atoms with Crippen LogP contribution in [0.25, 0.3) is 0 Å². The van der Waals surface area contributed by atoms with Gasteiger partial charge in [0, 0.05) is 17.6 Å². The largest absolute Gasteiger partial charge is 0.481 e. The molecule has 0 aliphatic carbocycles. The molecule has 5 nitrogen and oxygen atoms in total. The minimum Gasteiger partial charge on any atom is -0.481 e. The summed E-state index contributed by atoms with van der Waals surface area (Å²) in [5.41, 5.74) is 0.995. The maximum absolute atomic E-state index is 12.8. The first-order valence-electron chi connectivity index (χ1n) is 8.78. The Balaban J connectivity index is 1.77. The van der Waals surface area contributed by atoms with Crippen molar-refractivity contribution in [3.8, 4) is 0 Å². The third kappa shape index (κ3) is 4.25. The predicted octanol–water partition coefficient (Wildman–Crippen LogP) is 3.86. The zero-order valence-electron chi connectivity index (χ0n) is 15.1. The zero-order chi connectivity index (χ0) is 19.7. The molecule has 2 aromatic carbocycles. The maximum atomic E-state index is 12.8. The number of rotatable bonds is 5. The summed E-state index contributed by atoms with van der Waals surface area (Å²) in [5.74, 6) is -0.863. The summed E-state index contributed by atoms with van der Waals surface area (Å²) < 4.78 is 28.0. The fraction of sp³-hybridized carbons (Fsp3) is 0.350. The number of aryl methyl sites for hydroxylation is 1. The SMILES string of the molecule is Cc1ccc(S(=O)(=O)N2CCC(Cc3ccc(Br)cc3)(C(=O)O)CC2)cc1. The van der Waals surface area contributed by atoms with Gasteiger partial charge >= 0.3 is 5.97 Å². The van der Waals surface area contributed by atoms with Crippen LogP contribution in [0, 0.1) is 12.3 Å². The minimum absolute atomic E-state index is 0.207. The molecule has 1 fully saturated rings. The standard InChI is InChI=1S/C20H22BrNO4S/c1-15-2-8-18(9-3-15)27(25,26)22-12-10-20(11-13-22,19(23)24)14-16-4-6-17(21)7-5-16/h2-9H,10-14H2,1H3,(H,23,24). The van der Waals surface area contributed by atoms with E-state index in [-0.39, 0.29) is 18.0 Å². The Morgan fingerprint density at radius 1 is 1.07 bits per heavy atom. The predicted molar refractivity (Wildman–Crippen MR) is 107 cm³/mol. The summed E-state index contributed by atoms with van der Waals surface area (Å²) >= 11 is 3.38. The van der Waals surface area contributed by atoms with E-state index >= 15 is 0 Å². The summed E-state index contributed by atoms with van der Waals surface area (Å²) in [7, 11) is -3.60. The first-order valence-corrected chi connectivity index (χ1v) is 11.0. The molecule has 3 rings (SSSR count). The molecule has 0 unspecified atom stereocenters. The summed E-state index contributed by atoms with van der Waals surface area (Å²) in [5, 5.41) is 9.86. The van der Waals surface area contributed by atoms with Crippen molar-refractivity contribution in [2.45, 2.75) is 31.1 Å². The van der Waals surface area contributed by atoms with E-state index < -0.39 is 21.4 Å². The molecule has 1 heterocycles. The summed E-state index contributed by atoms with van der Waals surface area (Å²) in [6.07, 6.45) is 0.987. The molecule has 1 N–H and O–H groups in total. The van der Waals surface area contributed by atoms with Crippen LogP contribution in [0.1, 0.15) is 24.0 Å². The lowest BCUT2D eigenvalue weighted by Gasteiger charge is -2.38. The zero-order valence-corrected chi connectivity index (χ0v) is 17.5. The average Bonchev–Trinajstić information content (AvgIpc) is 2.64. The number of benzene rings is 2. The molecule has 1 aliphatic rings. The number of carboxylic acid groups (broad SMARTS) is 1. The van der Waals surface area contributed by atoms with E-state index in [9.17, 15) is 18.3 Å². The van der Waals surface area contributed by atoms with Crippen LogP contribution in [0.2, 0.25) is 0 Å². The monoisotopic (exact) mass is 451 g/mol. The van der Waals surface area contributed by atoms with Gasteiger partial charge in [0.15, 0.2) is 0 Å². The molecular formula is C20H22BrNO4S. The van der Waals surface area contributed by atoms with Crippen molar-refractivity contribution < 1.29 is 18.3 Å². The molecule has 0 spiro atoms. The Labute approximate surface area is 168 Å². The number of piperidine rings is 1. The van der Waals surface area contributed by atoms with E-state index in [0.717, 1.165) is 15.6 Å². The second kappa shape index (κ2) is 7.73. The minimum atomic E-state index is -3.60. The van der Waals surface area contributed by atoms with Gasteiger partial charge < -0.3 is 5.11 Å². The van der Waals surface area contributed by atoms with Gasteiger partial charge in [0.2, 0.25) is 10.0 Å². The van der Waals surface area contributed by atoms with Gasteiger partial charge in [0.1, 0.15) is 0 Å². The second-order valence-corrected chi connectivity index (χ2v) is 9.96. The molecule has 1 saturated heterocycles. The number of nitrogens with zero attached hydrogens (tertiary/aromatic N) is 1. The van der Waals surface area contributed by atoms with Crippen molar-refractivity contribution in [3.63, 3.8) is 0 Å². The summed E-state index contributed by atoms with van der Waals surface area (Å²) in [6.45, 7) is 2.32. The third-order valence-electron chi connectivity index (χ3n) is 5.25. The molecule has 0 radical (unpaired) electrons. The molecule has 27 heavy (non-hydrogen) atoms. The number of sulfonamides is 1. The second-order valence-electron chi connectivity index (χ2n) is 7.11. The molecule has 0 saturated carbocycles. The van der Waals surface area contributed by atoms with Crippen molar-refractivity contribution >= 4 is 31.9 Å². The van der Waals surface area contributed by atoms with Crippen LogP contribution in [0.15, 0.2) is 57.9 Å². The van der Waals surface area contributed by atoms with E-state index in [2.05, 4.69) is 15.9 Å². The number of aliphatic carboxylic acids is 1. The highest BCUT2D eigenvalue weighted by Gasteiger charge is 2.44. The number of carboxylic acids is 1. The van der Waals surface area contributed by atoms with Crippen molar-refractivity contribution in [2.24, 2.45) is 5.41 Å². The van der Waals surface area contributed by atoms with E-state index in [0.29, 0.717) is 19.3 Å². The van der Waals surface area contributed by atoms with Crippen LogP contribution in [-0.4, -0.2) is 36.9 Å². The van der Waals surface area contributed by atoms with Gasteiger partial charge in [-0.15, -0.1) is 0 Å². The van der Waals surface area contributed by atoms with Crippen molar-refractivity contribution in [1.29, 1.82) is 0 Å². The maximum Gasteiger partial charge on any atom is 0.310 e. The highest BCUT2D eigenvalue weighted by molar-refractivity contribution is 9.10. The molecule has 7 heteroatoms. The Kier molecular flexibility index (Phi) is 5.74. The lowest BCUT2D eigenvalue weighted by atomic mass is 9.74. The summed E-state index contributed by atoms with van der Waals surface area (Å²) in [4.78, 5) is 12.3. The number of carbonyl (C=O) groups is 1. The highest BCUT2D eigenvalue weighted by atomic mass is 79.9. The number of hydrogen-bond acceptors (Lipinski definition) is 3. The van der Waals surface area contributed by atoms with Gasteiger partial charge in [-0.2, -0.15) is 4.31 Å². The van der Waals surface area contributed by atoms with Gasteiger partial charge in [0.25, 0.3) is 0 Å². The molecule has 1 aliphatic heterocycles. The van der Waals surface area contributed by atoms with Crippen LogP contribution >= 0.6 is 15.9 Å². The van der Waals surface area contributed by atoms with Crippen LogP contribution in [0.3, 0.4) is 0 Å². The first kappa shape index (κ1) is 20.0. The number of hydrogen-bond donors (Lipinski definition) is 1. The summed E-state index contributed by atoms with van der Waals surface area (Å²) in [6, 6.07) is 14.3. The lowest BCUT2D eigenvalue weighted by molar-refractivity contribution is -0.151. The highest BCUT2D eigenvalue weighted by Crippen LogP contribution is 2.37. The Hall–Kier alpha value is -1.70. The molecular weight excluding hydrogens is 430 g/mol. The quantitative estimate of drug-likeness (QED) is 0.748.